The maximum Gasteiger partial charge on any atom is 0.180 e. The number of rotatable bonds is 5. The zero-order valence-corrected chi connectivity index (χ0v) is 13.3. The number of sulfone groups is 1. The average Bonchev–Trinajstić information content (AvgIpc) is 2.39. The fraction of sp³-hybridized carbons (Fsp3) is 0.200. The molecule has 0 aromatic heterocycles. The van der Waals surface area contributed by atoms with E-state index in [2.05, 4.69) is 15.9 Å². The number of aryl methyl sites for hydroxylation is 1. The van der Waals surface area contributed by atoms with E-state index in [-0.39, 0.29) is 10.6 Å². The topological polar surface area (TPSA) is 60.2 Å². The Labute approximate surface area is 127 Å². The summed E-state index contributed by atoms with van der Waals surface area (Å²) in [5, 5.41) is 0. The van der Waals surface area contributed by atoms with Gasteiger partial charge in [0.25, 0.3) is 0 Å². The van der Waals surface area contributed by atoms with Crippen LogP contribution in [-0.2, 0) is 16.3 Å². The lowest BCUT2D eigenvalue weighted by molar-refractivity contribution is 0.593. The number of halogens is 1. The summed E-state index contributed by atoms with van der Waals surface area (Å²) in [6.07, 6.45) is 1.33. The Balaban J connectivity index is 2.04. The molecule has 0 unspecified atom stereocenters. The molecule has 5 heteroatoms. The summed E-state index contributed by atoms with van der Waals surface area (Å²) in [6, 6.07) is 14.7. The molecule has 0 fully saturated rings. The second kappa shape index (κ2) is 6.41. The van der Waals surface area contributed by atoms with Gasteiger partial charge in [-0.25, -0.2) is 8.42 Å². The Morgan fingerprint density at radius 3 is 2.40 bits per heavy atom. The zero-order chi connectivity index (χ0) is 14.6. The summed E-state index contributed by atoms with van der Waals surface area (Å²) in [6.45, 7) is 0. The lowest BCUT2D eigenvalue weighted by atomic mass is 10.1. The van der Waals surface area contributed by atoms with Crippen LogP contribution in [0.4, 0.5) is 5.69 Å². The van der Waals surface area contributed by atoms with Crippen molar-refractivity contribution in [3.05, 3.63) is 58.6 Å². The average molecular weight is 354 g/mol. The van der Waals surface area contributed by atoms with E-state index in [9.17, 15) is 8.42 Å². The maximum atomic E-state index is 12.3. The standard InChI is InChI=1S/C15H16BrNO2S/c16-13-8-9-15(14(17)11-13)20(18,19)10-4-7-12-5-2-1-3-6-12/h1-3,5-6,8-9,11H,4,7,10,17H2. The largest absolute Gasteiger partial charge is 0.398 e. The molecule has 3 nitrogen and oxygen atoms in total. The molecule has 0 aliphatic heterocycles. The third kappa shape index (κ3) is 3.84. The molecule has 2 rings (SSSR count). The van der Waals surface area contributed by atoms with Gasteiger partial charge in [0.15, 0.2) is 9.84 Å². The minimum absolute atomic E-state index is 0.105. The van der Waals surface area contributed by atoms with Crippen LogP contribution < -0.4 is 5.73 Å². The fourth-order valence-electron chi connectivity index (χ4n) is 2.02. The number of hydrogen-bond donors (Lipinski definition) is 1. The van der Waals surface area contributed by atoms with Gasteiger partial charge in [0.1, 0.15) is 0 Å². The van der Waals surface area contributed by atoms with Crippen LogP contribution in [-0.4, -0.2) is 14.2 Å². The van der Waals surface area contributed by atoms with Crippen LogP contribution in [0.3, 0.4) is 0 Å². The molecule has 0 saturated carbocycles. The molecule has 2 aromatic rings. The Hall–Kier alpha value is -1.33. The molecular formula is C15H16BrNO2S. The van der Waals surface area contributed by atoms with Crippen LogP contribution >= 0.6 is 15.9 Å². The fourth-order valence-corrected chi connectivity index (χ4v) is 3.84. The SMILES string of the molecule is Nc1cc(Br)ccc1S(=O)(=O)CCCc1ccccc1. The summed E-state index contributed by atoms with van der Waals surface area (Å²) in [5.41, 5.74) is 7.22. The third-order valence-electron chi connectivity index (χ3n) is 3.03. The van der Waals surface area contributed by atoms with Gasteiger partial charge in [0.2, 0.25) is 0 Å². The van der Waals surface area contributed by atoms with Gasteiger partial charge in [-0.1, -0.05) is 46.3 Å². The molecule has 0 amide bonds. The van der Waals surface area contributed by atoms with Crippen molar-refractivity contribution in [1.82, 2.24) is 0 Å². The van der Waals surface area contributed by atoms with Crippen LogP contribution in [0, 0.1) is 0 Å². The van der Waals surface area contributed by atoms with E-state index >= 15 is 0 Å². The first-order valence-corrected chi connectivity index (χ1v) is 8.75. The van der Waals surface area contributed by atoms with Crippen molar-refractivity contribution in [1.29, 1.82) is 0 Å². The molecule has 0 saturated heterocycles. The lowest BCUT2D eigenvalue weighted by Crippen LogP contribution is -2.10. The molecule has 20 heavy (non-hydrogen) atoms. The Morgan fingerprint density at radius 2 is 1.75 bits per heavy atom. The van der Waals surface area contributed by atoms with E-state index in [1.807, 2.05) is 30.3 Å². The summed E-state index contributed by atoms with van der Waals surface area (Å²) in [7, 11) is -3.32. The van der Waals surface area contributed by atoms with Gasteiger partial charge in [0, 0.05) is 4.47 Å². The van der Waals surface area contributed by atoms with Gasteiger partial charge in [-0.05, 0) is 36.6 Å². The number of nitrogens with two attached hydrogens (primary N) is 1. The molecule has 0 bridgehead atoms. The summed E-state index contributed by atoms with van der Waals surface area (Å²) in [4.78, 5) is 0.216. The van der Waals surface area contributed by atoms with E-state index in [1.54, 1.807) is 18.2 Å². The molecule has 0 spiro atoms. The highest BCUT2D eigenvalue weighted by molar-refractivity contribution is 9.10. The highest BCUT2D eigenvalue weighted by Gasteiger charge is 2.17. The Kier molecular flexibility index (Phi) is 4.83. The van der Waals surface area contributed by atoms with E-state index in [0.29, 0.717) is 12.1 Å². The molecule has 0 aliphatic carbocycles. The minimum Gasteiger partial charge on any atom is -0.398 e. The number of anilines is 1. The van der Waals surface area contributed by atoms with Crippen molar-refractivity contribution in [3.8, 4) is 0 Å². The quantitative estimate of drug-likeness (QED) is 0.837. The number of hydrogen-bond acceptors (Lipinski definition) is 3. The van der Waals surface area contributed by atoms with E-state index in [0.717, 1.165) is 16.5 Å². The molecule has 2 aromatic carbocycles. The third-order valence-corrected chi connectivity index (χ3v) is 5.39. The predicted molar refractivity (Wildman–Crippen MR) is 85.4 cm³/mol. The second-order valence-electron chi connectivity index (χ2n) is 4.59. The lowest BCUT2D eigenvalue weighted by Gasteiger charge is -2.08. The highest BCUT2D eigenvalue weighted by atomic mass is 79.9. The molecule has 106 valence electrons. The molecule has 0 radical (unpaired) electrons. The Bertz CT molecular complexity index is 684. The van der Waals surface area contributed by atoms with Crippen molar-refractivity contribution in [2.45, 2.75) is 17.7 Å². The predicted octanol–water partition coefficient (Wildman–Crippen LogP) is 3.44. The van der Waals surface area contributed by atoms with Crippen molar-refractivity contribution in [3.63, 3.8) is 0 Å². The van der Waals surface area contributed by atoms with Crippen LogP contribution in [0.2, 0.25) is 0 Å². The van der Waals surface area contributed by atoms with Crippen molar-refractivity contribution in [2.75, 3.05) is 11.5 Å². The molecule has 0 atom stereocenters. The zero-order valence-electron chi connectivity index (χ0n) is 10.9. The smallest absolute Gasteiger partial charge is 0.180 e. The van der Waals surface area contributed by atoms with E-state index in [1.165, 1.54) is 0 Å². The molecule has 2 N–H and O–H groups in total. The first-order chi connectivity index (χ1) is 9.49. The summed E-state index contributed by atoms with van der Waals surface area (Å²) >= 11 is 3.27. The summed E-state index contributed by atoms with van der Waals surface area (Å²) in [5.74, 6) is 0.105. The monoisotopic (exact) mass is 353 g/mol. The Morgan fingerprint density at radius 1 is 1.05 bits per heavy atom. The minimum atomic E-state index is -3.32. The van der Waals surface area contributed by atoms with Gasteiger partial charge in [-0.3, -0.25) is 0 Å². The van der Waals surface area contributed by atoms with E-state index in [4.69, 9.17) is 5.73 Å². The first kappa shape index (κ1) is 15.1. The molecule has 0 heterocycles. The van der Waals surface area contributed by atoms with E-state index < -0.39 is 9.84 Å². The van der Waals surface area contributed by atoms with Crippen LogP contribution in [0.15, 0.2) is 57.9 Å². The van der Waals surface area contributed by atoms with Crippen molar-refractivity contribution >= 4 is 31.5 Å². The normalized spacial score (nSPS) is 11.4. The maximum absolute atomic E-state index is 12.3. The van der Waals surface area contributed by atoms with Crippen LogP contribution in [0.1, 0.15) is 12.0 Å². The molecular weight excluding hydrogens is 338 g/mol. The van der Waals surface area contributed by atoms with Gasteiger partial charge in [-0.2, -0.15) is 0 Å². The van der Waals surface area contributed by atoms with Gasteiger partial charge < -0.3 is 5.73 Å². The first-order valence-electron chi connectivity index (χ1n) is 6.31. The number of benzene rings is 2. The van der Waals surface area contributed by atoms with Gasteiger partial charge >= 0.3 is 0 Å². The molecule has 0 aliphatic rings. The highest BCUT2D eigenvalue weighted by Crippen LogP contribution is 2.24. The van der Waals surface area contributed by atoms with Crippen molar-refractivity contribution in [2.24, 2.45) is 0 Å². The van der Waals surface area contributed by atoms with Gasteiger partial charge in [0.05, 0.1) is 16.3 Å². The second-order valence-corrected chi connectivity index (χ2v) is 7.58. The van der Waals surface area contributed by atoms with Crippen LogP contribution in [0.25, 0.3) is 0 Å². The van der Waals surface area contributed by atoms with Crippen LogP contribution in [0.5, 0.6) is 0 Å². The van der Waals surface area contributed by atoms with Crippen molar-refractivity contribution < 1.29 is 8.42 Å². The number of nitrogen functional groups attached to an aromatic ring is 1. The van der Waals surface area contributed by atoms with Gasteiger partial charge in [-0.15, -0.1) is 0 Å². The summed E-state index contributed by atoms with van der Waals surface area (Å²) < 4.78 is 25.3.